The second-order valence-corrected chi connectivity index (χ2v) is 7.32. The van der Waals surface area contributed by atoms with Crippen molar-refractivity contribution in [2.24, 2.45) is 0 Å². The average molecular weight is 385 g/mol. The first-order valence-electron chi connectivity index (χ1n) is 9.94. The van der Waals surface area contributed by atoms with E-state index >= 15 is 0 Å². The van der Waals surface area contributed by atoms with E-state index in [1.165, 1.54) is 0 Å². The van der Waals surface area contributed by atoms with E-state index in [4.69, 9.17) is 9.97 Å². The number of hydrogen-bond acceptors (Lipinski definition) is 5. The van der Waals surface area contributed by atoms with Gasteiger partial charge in [-0.1, -0.05) is 42.5 Å². The Hall–Kier alpha value is -3.46. The lowest BCUT2D eigenvalue weighted by Gasteiger charge is -2.23. The van der Waals surface area contributed by atoms with Crippen LogP contribution in [0.15, 0.2) is 54.6 Å². The highest BCUT2D eigenvalue weighted by atomic mass is 16.1. The summed E-state index contributed by atoms with van der Waals surface area (Å²) in [7, 11) is 0. The Morgan fingerprint density at radius 1 is 1.03 bits per heavy atom. The number of aromatic nitrogens is 2. The van der Waals surface area contributed by atoms with Gasteiger partial charge >= 0.3 is 0 Å². The summed E-state index contributed by atoms with van der Waals surface area (Å²) < 4.78 is 0. The van der Waals surface area contributed by atoms with Gasteiger partial charge in [0.05, 0.1) is 23.1 Å². The quantitative estimate of drug-likeness (QED) is 0.724. The Labute approximate surface area is 170 Å². The molecule has 2 aromatic carbocycles. The second-order valence-electron chi connectivity index (χ2n) is 7.32. The first kappa shape index (κ1) is 18.9. The molecule has 0 spiro atoms. The van der Waals surface area contributed by atoms with Gasteiger partial charge in [0, 0.05) is 13.1 Å². The molecule has 0 bridgehead atoms. The van der Waals surface area contributed by atoms with Crippen LogP contribution >= 0.6 is 0 Å². The number of anilines is 1. The monoisotopic (exact) mass is 385 g/mol. The molecule has 2 atom stereocenters. The van der Waals surface area contributed by atoms with Crippen molar-refractivity contribution >= 4 is 22.8 Å². The number of rotatable bonds is 5. The Morgan fingerprint density at radius 2 is 1.66 bits per heavy atom. The van der Waals surface area contributed by atoms with Crippen molar-refractivity contribution in [1.82, 2.24) is 15.3 Å². The minimum absolute atomic E-state index is 0.205. The molecule has 3 aromatic rings. The zero-order valence-corrected chi connectivity index (χ0v) is 16.4. The maximum Gasteiger partial charge on any atom is 0.244 e. The van der Waals surface area contributed by atoms with Crippen molar-refractivity contribution < 1.29 is 4.79 Å². The molecule has 0 saturated carbocycles. The number of carbonyl (C=O) groups is 1. The zero-order chi connectivity index (χ0) is 20.2. The van der Waals surface area contributed by atoms with E-state index in [9.17, 15) is 10.1 Å². The highest BCUT2D eigenvalue weighted by Gasteiger charge is 2.30. The molecular weight excluding hydrogens is 362 g/mol. The van der Waals surface area contributed by atoms with Crippen LogP contribution in [0.4, 0.5) is 5.82 Å². The van der Waals surface area contributed by atoms with Crippen LogP contribution in [0.2, 0.25) is 0 Å². The molecule has 1 fully saturated rings. The van der Waals surface area contributed by atoms with Gasteiger partial charge in [0.2, 0.25) is 5.91 Å². The van der Waals surface area contributed by atoms with E-state index in [2.05, 4.69) is 16.3 Å². The first-order chi connectivity index (χ1) is 14.2. The predicted molar refractivity (Wildman–Crippen MR) is 112 cm³/mol. The van der Waals surface area contributed by atoms with Crippen LogP contribution in [0, 0.1) is 11.3 Å². The standard InChI is InChI=1S/C23H23N5O/c1-16(17-9-3-2-4-10-17)25-23(29)18(15-24)21-22(28-13-7-8-14-28)27-20-12-6-5-11-19(20)26-21/h2-6,9-12,16,18H,7-8,13-14H2,1H3,(H,25,29). The largest absolute Gasteiger partial charge is 0.355 e. The maximum atomic E-state index is 13.0. The third-order valence-corrected chi connectivity index (χ3v) is 5.31. The average Bonchev–Trinajstić information content (AvgIpc) is 3.29. The summed E-state index contributed by atoms with van der Waals surface area (Å²) in [4.78, 5) is 24.7. The summed E-state index contributed by atoms with van der Waals surface area (Å²) in [6.45, 7) is 3.63. The number of para-hydroxylation sites is 2. The van der Waals surface area contributed by atoms with E-state index < -0.39 is 5.92 Å². The van der Waals surface area contributed by atoms with Gasteiger partial charge in [-0.3, -0.25) is 4.79 Å². The van der Waals surface area contributed by atoms with Crippen LogP contribution in [-0.2, 0) is 4.79 Å². The van der Waals surface area contributed by atoms with Gasteiger partial charge < -0.3 is 10.2 Å². The first-order valence-corrected chi connectivity index (χ1v) is 9.94. The van der Waals surface area contributed by atoms with Crippen LogP contribution in [0.1, 0.15) is 43.0 Å². The van der Waals surface area contributed by atoms with Crippen molar-refractivity contribution in [3.05, 3.63) is 65.9 Å². The molecular formula is C23H23N5O. The number of carbonyl (C=O) groups excluding carboxylic acids is 1. The third-order valence-electron chi connectivity index (χ3n) is 5.31. The van der Waals surface area contributed by atoms with Crippen LogP contribution in [-0.4, -0.2) is 29.0 Å². The summed E-state index contributed by atoms with van der Waals surface area (Å²) in [5, 5.41) is 12.8. The molecule has 1 saturated heterocycles. The molecule has 0 radical (unpaired) electrons. The van der Waals surface area contributed by atoms with Crippen LogP contribution in [0.25, 0.3) is 11.0 Å². The van der Waals surface area contributed by atoms with Crippen molar-refractivity contribution in [1.29, 1.82) is 5.26 Å². The summed E-state index contributed by atoms with van der Waals surface area (Å²) in [6, 6.07) is 19.2. The fourth-order valence-corrected chi connectivity index (χ4v) is 3.73. The smallest absolute Gasteiger partial charge is 0.244 e. The van der Waals surface area contributed by atoms with E-state index in [1.807, 2.05) is 61.5 Å². The molecule has 1 N–H and O–H groups in total. The third kappa shape index (κ3) is 3.90. The predicted octanol–water partition coefficient (Wildman–Crippen LogP) is 3.71. The number of hydrogen-bond donors (Lipinski definition) is 1. The molecule has 146 valence electrons. The molecule has 2 heterocycles. The number of benzene rings is 2. The molecule has 6 heteroatoms. The van der Waals surface area contributed by atoms with Gasteiger partial charge in [-0.05, 0) is 37.5 Å². The Balaban J connectivity index is 1.69. The van der Waals surface area contributed by atoms with Gasteiger partial charge in [-0.2, -0.15) is 5.26 Å². The highest BCUT2D eigenvalue weighted by molar-refractivity contribution is 5.89. The molecule has 1 aliphatic heterocycles. The minimum Gasteiger partial charge on any atom is -0.355 e. The number of nitrogens with one attached hydrogen (secondary N) is 1. The molecule has 1 aliphatic rings. The summed E-state index contributed by atoms with van der Waals surface area (Å²) in [6.07, 6.45) is 2.14. The van der Waals surface area contributed by atoms with Crippen LogP contribution in [0.5, 0.6) is 0 Å². The lowest BCUT2D eigenvalue weighted by atomic mass is 10.0. The SMILES string of the molecule is CC(NC(=O)C(C#N)c1nc2ccccc2nc1N1CCCC1)c1ccccc1. The van der Waals surface area contributed by atoms with Crippen molar-refractivity contribution in [3.8, 4) is 6.07 Å². The fraction of sp³-hybridized carbons (Fsp3) is 0.304. The van der Waals surface area contributed by atoms with E-state index in [0.717, 1.165) is 37.0 Å². The number of amides is 1. The van der Waals surface area contributed by atoms with E-state index in [0.29, 0.717) is 17.0 Å². The topological polar surface area (TPSA) is 81.9 Å². The molecule has 4 rings (SSSR count). The highest BCUT2D eigenvalue weighted by Crippen LogP contribution is 2.30. The van der Waals surface area contributed by atoms with Gasteiger partial charge in [-0.15, -0.1) is 0 Å². The van der Waals surface area contributed by atoms with Crippen LogP contribution in [0.3, 0.4) is 0 Å². The van der Waals surface area contributed by atoms with Gasteiger partial charge in [0.1, 0.15) is 5.69 Å². The molecule has 1 aromatic heterocycles. The van der Waals surface area contributed by atoms with E-state index in [1.54, 1.807) is 0 Å². The van der Waals surface area contributed by atoms with Crippen molar-refractivity contribution in [2.75, 3.05) is 18.0 Å². The number of nitrogens with zero attached hydrogens (tertiary/aromatic N) is 4. The second kappa shape index (κ2) is 8.27. The van der Waals surface area contributed by atoms with Gasteiger partial charge in [0.15, 0.2) is 11.7 Å². The lowest BCUT2D eigenvalue weighted by molar-refractivity contribution is -0.122. The number of fused-ring (bicyclic) bond motifs is 1. The van der Waals surface area contributed by atoms with Crippen molar-refractivity contribution in [3.63, 3.8) is 0 Å². The Morgan fingerprint density at radius 3 is 2.31 bits per heavy atom. The summed E-state index contributed by atoms with van der Waals surface area (Å²) in [5.41, 5.74) is 2.88. The Bertz CT molecular complexity index is 1050. The molecule has 29 heavy (non-hydrogen) atoms. The maximum absolute atomic E-state index is 13.0. The summed E-state index contributed by atoms with van der Waals surface area (Å²) in [5.74, 6) is -0.724. The van der Waals surface area contributed by atoms with Crippen LogP contribution < -0.4 is 10.2 Å². The molecule has 2 unspecified atom stereocenters. The van der Waals surface area contributed by atoms with Gasteiger partial charge in [-0.25, -0.2) is 9.97 Å². The lowest BCUT2D eigenvalue weighted by Crippen LogP contribution is -2.33. The van der Waals surface area contributed by atoms with Gasteiger partial charge in [0.25, 0.3) is 0 Å². The molecule has 1 amide bonds. The minimum atomic E-state index is -1.02. The number of nitriles is 1. The molecule has 0 aliphatic carbocycles. The van der Waals surface area contributed by atoms with E-state index in [-0.39, 0.29) is 11.9 Å². The summed E-state index contributed by atoms with van der Waals surface area (Å²) >= 11 is 0. The van der Waals surface area contributed by atoms with Crippen molar-refractivity contribution in [2.45, 2.75) is 31.7 Å². The normalized spacial score (nSPS) is 15.7. The zero-order valence-electron chi connectivity index (χ0n) is 16.4. The molecule has 6 nitrogen and oxygen atoms in total. The Kier molecular flexibility index (Phi) is 5.39. The fourth-order valence-electron chi connectivity index (χ4n) is 3.73.